The SMILES string of the molecule is CC(C)c1cc(-c2ncoc2-c2ccc(CN3CCCN(C)CC3)cc2)c(OCc2ccccc2)cc1OCc1ccccc1. The largest absolute Gasteiger partial charge is 0.488 e. The third-order valence-corrected chi connectivity index (χ3v) is 8.47. The number of hydrogen-bond acceptors (Lipinski definition) is 6. The fourth-order valence-electron chi connectivity index (χ4n) is 5.85. The van der Waals surface area contributed by atoms with E-state index in [9.17, 15) is 0 Å². The van der Waals surface area contributed by atoms with Crippen LogP contribution in [0.15, 0.2) is 108 Å². The molecule has 2 heterocycles. The molecule has 0 aliphatic carbocycles. The smallest absolute Gasteiger partial charge is 0.182 e. The highest BCUT2D eigenvalue weighted by Crippen LogP contribution is 2.42. The highest BCUT2D eigenvalue weighted by molar-refractivity contribution is 5.81. The van der Waals surface area contributed by atoms with E-state index >= 15 is 0 Å². The van der Waals surface area contributed by atoms with Crippen molar-refractivity contribution in [2.45, 2.75) is 45.9 Å². The van der Waals surface area contributed by atoms with Crippen LogP contribution in [-0.2, 0) is 19.8 Å². The van der Waals surface area contributed by atoms with Gasteiger partial charge in [0.2, 0.25) is 0 Å². The van der Waals surface area contributed by atoms with Crippen molar-refractivity contribution in [3.63, 3.8) is 0 Å². The van der Waals surface area contributed by atoms with Crippen LogP contribution in [0.1, 0.15) is 48.4 Å². The predicted octanol–water partition coefficient (Wildman–Crippen LogP) is 8.43. The van der Waals surface area contributed by atoms with Gasteiger partial charge in [0, 0.05) is 36.8 Å². The van der Waals surface area contributed by atoms with E-state index in [1.807, 2.05) is 42.5 Å². The summed E-state index contributed by atoms with van der Waals surface area (Å²) in [6.07, 6.45) is 2.74. The summed E-state index contributed by atoms with van der Waals surface area (Å²) >= 11 is 0. The molecule has 0 bridgehead atoms. The highest BCUT2D eigenvalue weighted by atomic mass is 16.5. The minimum Gasteiger partial charge on any atom is -0.488 e. The van der Waals surface area contributed by atoms with E-state index in [0.29, 0.717) is 19.0 Å². The number of oxazole rings is 1. The molecule has 1 saturated heterocycles. The molecule has 45 heavy (non-hydrogen) atoms. The molecule has 0 radical (unpaired) electrons. The molecule has 6 heteroatoms. The number of rotatable bonds is 11. The fraction of sp³-hybridized carbons (Fsp3) is 0.308. The molecule has 1 aliphatic rings. The summed E-state index contributed by atoms with van der Waals surface area (Å²) in [4.78, 5) is 9.70. The van der Waals surface area contributed by atoms with E-state index in [-0.39, 0.29) is 5.92 Å². The van der Waals surface area contributed by atoms with E-state index in [1.165, 1.54) is 24.9 Å². The standard InChI is InChI=1S/C39H43N3O3/c1-29(2)34-23-35(37(44-27-32-13-8-5-9-14-32)24-36(34)43-26-31-11-6-4-7-12-31)38-39(45-28-40-38)33-17-15-30(16-18-33)25-42-20-10-19-41(3)21-22-42/h4-9,11-18,23-24,28-29H,10,19-22,25-27H2,1-3H3. The molecule has 1 aromatic heterocycles. The summed E-state index contributed by atoms with van der Waals surface area (Å²) in [5.41, 5.74) is 7.26. The summed E-state index contributed by atoms with van der Waals surface area (Å²) in [5, 5.41) is 0. The van der Waals surface area contributed by atoms with E-state index in [1.54, 1.807) is 0 Å². The quantitative estimate of drug-likeness (QED) is 0.151. The fourth-order valence-corrected chi connectivity index (χ4v) is 5.85. The average molecular weight is 602 g/mol. The maximum Gasteiger partial charge on any atom is 0.182 e. The highest BCUT2D eigenvalue weighted by Gasteiger charge is 2.22. The number of nitrogens with zero attached hydrogens (tertiary/aromatic N) is 3. The Kier molecular flexibility index (Phi) is 9.93. The zero-order valence-corrected chi connectivity index (χ0v) is 26.6. The first kappa shape index (κ1) is 30.6. The van der Waals surface area contributed by atoms with Crippen LogP contribution in [0.3, 0.4) is 0 Å². The van der Waals surface area contributed by atoms with Gasteiger partial charge in [0.05, 0.1) is 0 Å². The van der Waals surface area contributed by atoms with Gasteiger partial charge >= 0.3 is 0 Å². The molecule has 0 unspecified atom stereocenters. The lowest BCUT2D eigenvalue weighted by Gasteiger charge is -2.20. The van der Waals surface area contributed by atoms with Gasteiger partial charge in [-0.3, -0.25) is 4.90 Å². The minimum absolute atomic E-state index is 0.228. The molecular formula is C39H43N3O3. The van der Waals surface area contributed by atoms with Gasteiger partial charge in [0.1, 0.15) is 30.4 Å². The maximum absolute atomic E-state index is 6.52. The van der Waals surface area contributed by atoms with Crippen LogP contribution in [0.2, 0.25) is 0 Å². The Morgan fingerprint density at radius 3 is 2.07 bits per heavy atom. The molecule has 0 amide bonds. The molecule has 1 aliphatic heterocycles. The summed E-state index contributed by atoms with van der Waals surface area (Å²) in [6.45, 7) is 10.7. The summed E-state index contributed by atoms with van der Waals surface area (Å²) in [6, 6.07) is 33.4. The Labute approximate surface area is 267 Å². The zero-order chi connectivity index (χ0) is 31.0. The van der Waals surface area contributed by atoms with Crippen LogP contribution in [0.25, 0.3) is 22.6 Å². The molecule has 1 fully saturated rings. The first-order valence-electron chi connectivity index (χ1n) is 16.0. The van der Waals surface area contributed by atoms with Crippen LogP contribution >= 0.6 is 0 Å². The molecule has 4 aromatic carbocycles. The van der Waals surface area contributed by atoms with Crippen molar-refractivity contribution in [3.8, 4) is 34.1 Å². The molecule has 0 atom stereocenters. The molecule has 0 spiro atoms. The Morgan fingerprint density at radius 1 is 0.733 bits per heavy atom. The number of ether oxygens (including phenoxy) is 2. The number of aromatic nitrogens is 1. The predicted molar refractivity (Wildman–Crippen MR) is 180 cm³/mol. The maximum atomic E-state index is 6.52. The van der Waals surface area contributed by atoms with E-state index in [4.69, 9.17) is 18.9 Å². The van der Waals surface area contributed by atoms with Gasteiger partial charge in [-0.1, -0.05) is 98.8 Å². The number of likely N-dealkylation sites (N-methyl/N-ethyl adjacent to an activating group) is 1. The third-order valence-electron chi connectivity index (χ3n) is 8.47. The van der Waals surface area contributed by atoms with Crippen LogP contribution in [0, 0.1) is 0 Å². The van der Waals surface area contributed by atoms with Crippen molar-refractivity contribution < 1.29 is 13.9 Å². The molecule has 0 saturated carbocycles. The summed E-state index contributed by atoms with van der Waals surface area (Å²) in [5.74, 6) is 2.49. The minimum atomic E-state index is 0.228. The lowest BCUT2D eigenvalue weighted by molar-refractivity contribution is 0.269. The average Bonchev–Trinajstić information content (AvgIpc) is 3.47. The normalized spacial score (nSPS) is 14.4. The van der Waals surface area contributed by atoms with Gasteiger partial charge in [0.25, 0.3) is 0 Å². The van der Waals surface area contributed by atoms with Crippen molar-refractivity contribution >= 4 is 0 Å². The van der Waals surface area contributed by atoms with Gasteiger partial charge in [-0.2, -0.15) is 0 Å². The van der Waals surface area contributed by atoms with Crippen LogP contribution in [0.4, 0.5) is 0 Å². The van der Waals surface area contributed by atoms with Gasteiger partial charge in [0.15, 0.2) is 12.2 Å². The Bertz CT molecular complexity index is 1650. The lowest BCUT2D eigenvalue weighted by Crippen LogP contribution is -2.28. The second kappa shape index (κ2) is 14.6. The van der Waals surface area contributed by atoms with Crippen molar-refractivity contribution in [1.29, 1.82) is 0 Å². The third kappa shape index (κ3) is 7.83. The monoisotopic (exact) mass is 601 g/mol. The Balaban J connectivity index is 1.31. The molecule has 6 rings (SSSR count). The molecular weight excluding hydrogens is 558 g/mol. The first-order valence-corrected chi connectivity index (χ1v) is 16.0. The second-order valence-corrected chi connectivity index (χ2v) is 12.2. The molecule has 5 aromatic rings. The van der Waals surface area contributed by atoms with Crippen molar-refractivity contribution in [1.82, 2.24) is 14.8 Å². The Hall–Kier alpha value is -4.39. The summed E-state index contributed by atoms with van der Waals surface area (Å²) in [7, 11) is 2.21. The number of benzene rings is 4. The van der Waals surface area contributed by atoms with Gasteiger partial charge in [-0.05, 0) is 60.8 Å². The van der Waals surface area contributed by atoms with Gasteiger partial charge in [-0.25, -0.2) is 4.98 Å². The van der Waals surface area contributed by atoms with Gasteiger partial charge < -0.3 is 18.8 Å². The van der Waals surface area contributed by atoms with Crippen molar-refractivity contribution in [2.75, 3.05) is 33.2 Å². The topological polar surface area (TPSA) is 51.0 Å². The van der Waals surface area contributed by atoms with Crippen molar-refractivity contribution in [2.24, 2.45) is 0 Å². The van der Waals surface area contributed by atoms with E-state index in [2.05, 4.69) is 85.3 Å². The van der Waals surface area contributed by atoms with Crippen molar-refractivity contribution in [3.05, 3.63) is 126 Å². The van der Waals surface area contributed by atoms with E-state index in [0.717, 1.165) is 71.2 Å². The Morgan fingerprint density at radius 2 is 1.40 bits per heavy atom. The molecule has 0 N–H and O–H groups in total. The van der Waals surface area contributed by atoms with Crippen LogP contribution in [0.5, 0.6) is 11.5 Å². The zero-order valence-electron chi connectivity index (χ0n) is 26.6. The molecule has 232 valence electrons. The van der Waals surface area contributed by atoms with Crippen LogP contribution < -0.4 is 9.47 Å². The van der Waals surface area contributed by atoms with E-state index < -0.39 is 0 Å². The first-order chi connectivity index (χ1) is 22.0. The van der Waals surface area contributed by atoms with Gasteiger partial charge in [-0.15, -0.1) is 0 Å². The second-order valence-electron chi connectivity index (χ2n) is 12.2. The van der Waals surface area contributed by atoms with Crippen LogP contribution in [-0.4, -0.2) is 48.0 Å². The number of hydrogen-bond donors (Lipinski definition) is 0. The molecule has 6 nitrogen and oxygen atoms in total. The summed E-state index contributed by atoms with van der Waals surface area (Å²) < 4.78 is 19.0. The lowest BCUT2D eigenvalue weighted by atomic mass is 9.96.